The number of rotatable bonds is 10. The van der Waals surface area contributed by atoms with Crippen LogP contribution in [0.4, 0.5) is 0 Å². The second-order valence-electron chi connectivity index (χ2n) is 4.30. The number of hydrogen-bond donors (Lipinski definition) is 1. The highest BCUT2D eigenvalue weighted by molar-refractivity contribution is 4.87. The van der Waals surface area contributed by atoms with E-state index in [0.717, 1.165) is 26.1 Å². The molecule has 0 amide bonds. The van der Waals surface area contributed by atoms with Crippen molar-refractivity contribution in [3.8, 4) is 0 Å². The maximum absolute atomic E-state index is 5.64. The van der Waals surface area contributed by atoms with Crippen molar-refractivity contribution < 1.29 is 4.74 Å². The molecule has 1 unspecified atom stereocenters. The molecule has 0 bridgehead atoms. The average molecular weight is 213 g/mol. The Morgan fingerprint density at radius 3 is 2.73 bits per heavy atom. The van der Waals surface area contributed by atoms with Crippen molar-refractivity contribution in [2.45, 2.75) is 52.6 Å². The monoisotopic (exact) mass is 213 g/mol. The smallest absolute Gasteiger partial charge is 0.0671 e. The molecule has 90 valence electrons. The molecule has 0 aromatic carbocycles. The fourth-order valence-electron chi connectivity index (χ4n) is 1.30. The zero-order chi connectivity index (χ0) is 11.5. The van der Waals surface area contributed by atoms with Crippen LogP contribution >= 0.6 is 0 Å². The molecular formula is C13H27NO. The van der Waals surface area contributed by atoms with Crippen LogP contribution in [0.2, 0.25) is 0 Å². The van der Waals surface area contributed by atoms with E-state index in [9.17, 15) is 0 Å². The molecule has 1 N–H and O–H groups in total. The quantitative estimate of drug-likeness (QED) is 0.444. The van der Waals surface area contributed by atoms with Gasteiger partial charge in [0.15, 0.2) is 0 Å². The lowest BCUT2D eigenvalue weighted by Gasteiger charge is -2.13. The van der Waals surface area contributed by atoms with Gasteiger partial charge in [-0.25, -0.2) is 0 Å². The third-order valence-corrected chi connectivity index (χ3v) is 2.32. The van der Waals surface area contributed by atoms with E-state index < -0.39 is 0 Å². The topological polar surface area (TPSA) is 21.3 Å². The first-order valence-electron chi connectivity index (χ1n) is 6.13. The number of ether oxygens (including phenoxy) is 1. The summed E-state index contributed by atoms with van der Waals surface area (Å²) in [7, 11) is 0. The molecule has 0 saturated carbocycles. The minimum Gasteiger partial charge on any atom is -0.377 e. The predicted octanol–water partition coefficient (Wildman–Crippen LogP) is 3.14. The molecule has 0 radical (unpaired) electrons. The van der Waals surface area contributed by atoms with E-state index in [2.05, 4.69) is 25.7 Å². The minimum absolute atomic E-state index is 0.311. The Bertz CT molecular complexity index is 157. The van der Waals surface area contributed by atoms with Gasteiger partial charge in [0, 0.05) is 6.54 Å². The minimum atomic E-state index is 0.311. The lowest BCUT2D eigenvalue weighted by molar-refractivity contribution is 0.0683. The second kappa shape index (κ2) is 10.2. The van der Waals surface area contributed by atoms with Gasteiger partial charge >= 0.3 is 0 Å². The van der Waals surface area contributed by atoms with Crippen LogP contribution in [-0.2, 0) is 4.74 Å². The van der Waals surface area contributed by atoms with Crippen LogP contribution < -0.4 is 5.32 Å². The molecule has 0 aliphatic heterocycles. The van der Waals surface area contributed by atoms with Crippen LogP contribution in [0.25, 0.3) is 0 Å². The highest BCUT2D eigenvalue weighted by Gasteiger charge is 2.00. The van der Waals surface area contributed by atoms with Crippen molar-refractivity contribution in [2.24, 2.45) is 0 Å². The Morgan fingerprint density at radius 2 is 2.13 bits per heavy atom. The van der Waals surface area contributed by atoms with E-state index >= 15 is 0 Å². The molecule has 0 aliphatic carbocycles. The summed E-state index contributed by atoms with van der Waals surface area (Å²) in [5.74, 6) is 0. The molecule has 0 rings (SSSR count). The lowest BCUT2D eigenvalue weighted by Crippen LogP contribution is -2.27. The first-order valence-corrected chi connectivity index (χ1v) is 6.13. The zero-order valence-electron chi connectivity index (χ0n) is 10.6. The van der Waals surface area contributed by atoms with Gasteiger partial charge in [-0.1, -0.05) is 25.3 Å². The number of unbranched alkanes of at least 4 members (excludes halogenated alkanes) is 2. The summed E-state index contributed by atoms with van der Waals surface area (Å²) < 4.78 is 5.64. The maximum atomic E-state index is 5.64. The van der Waals surface area contributed by atoms with Crippen LogP contribution in [0.15, 0.2) is 12.2 Å². The van der Waals surface area contributed by atoms with Crippen molar-refractivity contribution >= 4 is 0 Å². The summed E-state index contributed by atoms with van der Waals surface area (Å²) in [5.41, 5.74) is 1.19. The molecule has 15 heavy (non-hydrogen) atoms. The number of nitrogens with one attached hydrogen (secondary N) is 1. The van der Waals surface area contributed by atoms with E-state index in [1.807, 2.05) is 6.92 Å². The van der Waals surface area contributed by atoms with Crippen LogP contribution in [0.5, 0.6) is 0 Å². The second-order valence-corrected chi connectivity index (χ2v) is 4.30. The van der Waals surface area contributed by atoms with Gasteiger partial charge in [0.25, 0.3) is 0 Å². The Hall–Kier alpha value is -0.340. The van der Waals surface area contributed by atoms with Crippen molar-refractivity contribution in [2.75, 3.05) is 19.7 Å². The van der Waals surface area contributed by atoms with E-state index in [-0.39, 0.29) is 0 Å². The van der Waals surface area contributed by atoms with Crippen molar-refractivity contribution in [1.82, 2.24) is 5.32 Å². The normalized spacial score (nSPS) is 12.7. The Morgan fingerprint density at radius 1 is 1.40 bits per heavy atom. The third kappa shape index (κ3) is 11.6. The van der Waals surface area contributed by atoms with Gasteiger partial charge in [0.1, 0.15) is 0 Å². The van der Waals surface area contributed by atoms with Crippen LogP contribution in [-0.4, -0.2) is 25.8 Å². The van der Waals surface area contributed by atoms with Gasteiger partial charge in [-0.2, -0.15) is 0 Å². The fourth-order valence-corrected chi connectivity index (χ4v) is 1.30. The summed E-state index contributed by atoms with van der Waals surface area (Å²) >= 11 is 0. The summed E-state index contributed by atoms with van der Waals surface area (Å²) in [5, 5.41) is 3.41. The maximum Gasteiger partial charge on any atom is 0.0671 e. The zero-order valence-corrected chi connectivity index (χ0v) is 10.6. The summed E-state index contributed by atoms with van der Waals surface area (Å²) in [6, 6.07) is 0. The van der Waals surface area contributed by atoms with E-state index in [1.54, 1.807) is 0 Å². The first-order chi connectivity index (χ1) is 7.16. The van der Waals surface area contributed by atoms with E-state index in [0.29, 0.717) is 6.10 Å². The van der Waals surface area contributed by atoms with E-state index in [1.165, 1.54) is 24.8 Å². The van der Waals surface area contributed by atoms with Crippen molar-refractivity contribution in [3.63, 3.8) is 0 Å². The molecule has 0 spiro atoms. The average Bonchev–Trinajstić information content (AvgIpc) is 2.17. The predicted molar refractivity (Wildman–Crippen MR) is 67.2 cm³/mol. The highest BCUT2D eigenvalue weighted by atomic mass is 16.5. The Kier molecular flexibility index (Phi) is 9.96. The molecule has 0 aromatic heterocycles. The molecule has 0 saturated heterocycles. The first kappa shape index (κ1) is 14.7. The third-order valence-electron chi connectivity index (χ3n) is 2.32. The van der Waals surface area contributed by atoms with Gasteiger partial charge < -0.3 is 10.1 Å². The molecule has 0 aromatic rings. The molecule has 2 heteroatoms. The molecule has 0 fully saturated rings. The lowest BCUT2D eigenvalue weighted by atomic mass is 10.2. The molecule has 0 heterocycles. The van der Waals surface area contributed by atoms with Crippen LogP contribution in [0, 0.1) is 0 Å². The molecule has 1 atom stereocenters. The van der Waals surface area contributed by atoms with Gasteiger partial charge in [-0.05, 0) is 33.2 Å². The Labute approximate surface area is 95.1 Å². The summed E-state index contributed by atoms with van der Waals surface area (Å²) in [6.07, 6.45) is 5.16. The van der Waals surface area contributed by atoms with Gasteiger partial charge in [0.2, 0.25) is 0 Å². The van der Waals surface area contributed by atoms with Gasteiger partial charge in [-0.3, -0.25) is 0 Å². The van der Waals surface area contributed by atoms with Gasteiger partial charge in [0.05, 0.1) is 12.7 Å². The van der Waals surface area contributed by atoms with Gasteiger partial charge in [-0.15, -0.1) is 6.58 Å². The highest BCUT2D eigenvalue weighted by Crippen LogP contribution is 1.98. The van der Waals surface area contributed by atoms with Crippen molar-refractivity contribution in [1.29, 1.82) is 0 Å². The Balaban J connectivity index is 3.18. The summed E-state index contributed by atoms with van der Waals surface area (Å²) in [6.45, 7) is 13.1. The largest absolute Gasteiger partial charge is 0.377 e. The van der Waals surface area contributed by atoms with Crippen LogP contribution in [0.3, 0.4) is 0 Å². The standard InChI is InChI=1S/C13H27NO/c1-5-6-7-9-14-11-13(4)15-10-8-12(2)3/h13-14H,2,5-11H2,1,3-4H3. The van der Waals surface area contributed by atoms with Crippen molar-refractivity contribution in [3.05, 3.63) is 12.2 Å². The van der Waals surface area contributed by atoms with E-state index in [4.69, 9.17) is 4.74 Å². The molecule has 0 aliphatic rings. The molecule has 2 nitrogen and oxygen atoms in total. The fraction of sp³-hybridized carbons (Fsp3) is 0.846. The summed E-state index contributed by atoms with van der Waals surface area (Å²) in [4.78, 5) is 0. The SMILES string of the molecule is C=C(C)CCOC(C)CNCCCCC. The molecular weight excluding hydrogens is 186 g/mol. The number of hydrogen-bond acceptors (Lipinski definition) is 2. The van der Waals surface area contributed by atoms with Crippen LogP contribution in [0.1, 0.15) is 46.5 Å².